The average molecular weight is 379 g/mol. The highest BCUT2D eigenvalue weighted by atomic mass is 32.2. The third-order valence-corrected chi connectivity index (χ3v) is 6.21. The lowest BCUT2D eigenvalue weighted by atomic mass is 10.2. The summed E-state index contributed by atoms with van der Waals surface area (Å²) in [5.74, 6) is 1.48. The predicted octanol–water partition coefficient (Wildman–Crippen LogP) is 3.07. The van der Waals surface area contributed by atoms with E-state index in [1.54, 1.807) is 11.3 Å². The Morgan fingerprint density at radius 2 is 2.08 bits per heavy atom. The van der Waals surface area contributed by atoms with E-state index in [4.69, 9.17) is 4.74 Å². The van der Waals surface area contributed by atoms with Crippen molar-refractivity contribution < 1.29 is 9.53 Å². The number of carbonyl (C=O) groups excluding carboxylic acids is 1. The normalized spacial score (nSPS) is 23.8. The second-order valence-corrected chi connectivity index (χ2v) is 8.62. The Hall–Kier alpha value is -1.38. The van der Waals surface area contributed by atoms with Crippen molar-refractivity contribution >= 4 is 29.0 Å². The van der Waals surface area contributed by atoms with Crippen molar-refractivity contribution in [2.45, 2.75) is 50.1 Å². The van der Waals surface area contributed by atoms with Crippen LogP contribution in [0.3, 0.4) is 0 Å². The summed E-state index contributed by atoms with van der Waals surface area (Å²) in [6.45, 7) is 5.36. The Kier molecular flexibility index (Phi) is 4.84. The van der Waals surface area contributed by atoms with Crippen LogP contribution in [0.5, 0.6) is 0 Å². The molecule has 2 aromatic heterocycles. The van der Waals surface area contributed by atoms with Crippen molar-refractivity contribution in [1.82, 2.24) is 19.7 Å². The van der Waals surface area contributed by atoms with Crippen LogP contribution >= 0.6 is 23.1 Å². The molecule has 25 heavy (non-hydrogen) atoms. The van der Waals surface area contributed by atoms with Crippen molar-refractivity contribution in [1.29, 1.82) is 0 Å². The fourth-order valence-electron chi connectivity index (χ4n) is 3.21. The zero-order chi connectivity index (χ0) is 17.4. The van der Waals surface area contributed by atoms with Gasteiger partial charge in [-0.25, -0.2) is 0 Å². The third kappa shape index (κ3) is 3.75. The van der Waals surface area contributed by atoms with Gasteiger partial charge in [-0.1, -0.05) is 17.8 Å². The number of aromatic nitrogens is 3. The van der Waals surface area contributed by atoms with E-state index in [-0.39, 0.29) is 18.1 Å². The molecule has 1 saturated carbocycles. The summed E-state index contributed by atoms with van der Waals surface area (Å²) in [5, 5.41) is 11.7. The number of hydrogen-bond acceptors (Lipinski definition) is 6. The summed E-state index contributed by atoms with van der Waals surface area (Å²) in [6.07, 6.45) is 2.52. The highest BCUT2D eigenvalue weighted by Gasteiger charge is 2.31. The Labute approximate surface area is 155 Å². The van der Waals surface area contributed by atoms with Gasteiger partial charge in [0.15, 0.2) is 11.0 Å². The van der Waals surface area contributed by atoms with E-state index in [1.807, 2.05) is 24.8 Å². The summed E-state index contributed by atoms with van der Waals surface area (Å²) < 4.78 is 7.92. The number of rotatable bonds is 5. The minimum absolute atomic E-state index is 0.0956. The SMILES string of the molecule is C[C@H]1CN(C(=O)CSc2nnc(-c3cccs3)n2C2CC2)C[C@H](C)O1. The van der Waals surface area contributed by atoms with Gasteiger partial charge in [0.2, 0.25) is 5.91 Å². The zero-order valence-corrected chi connectivity index (χ0v) is 16.1. The van der Waals surface area contributed by atoms with Gasteiger partial charge in [-0.15, -0.1) is 21.5 Å². The molecule has 1 saturated heterocycles. The van der Waals surface area contributed by atoms with Crippen LogP contribution < -0.4 is 0 Å². The maximum absolute atomic E-state index is 12.6. The molecule has 1 aliphatic carbocycles. The van der Waals surface area contributed by atoms with E-state index >= 15 is 0 Å². The molecule has 2 fully saturated rings. The van der Waals surface area contributed by atoms with Crippen LogP contribution in [0.15, 0.2) is 22.7 Å². The molecule has 0 aromatic carbocycles. The second kappa shape index (κ2) is 7.09. The molecule has 1 amide bonds. The summed E-state index contributed by atoms with van der Waals surface area (Å²) in [4.78, 5) is 15.6. The van der Waals surface area contributed by atoms with Crippen LogP contribution in [0.4, 0.5) is 0 Å². The van der Waals surface area contributed by atoms with Crippen molar-refractivity contribution in [3.8, 4) is 10.7 Å². The van der Waals surface area contributed by atoms with Gasteiger partial charge >= 0.3 is 0 Å². The van der Waals surface area contributed by atoms with Gasteiger partial charge < -0.3 is 9.64 Å². The molecule has 0 spiro atoms. The van der Waals surface area contributed by atoms with E-state index in [1.165, 1.54) is 11.8 Å². The van der Waals surface area contributed by atoms with Crippen molar-refractivity contribution in [3.63, 3.8) is 0 Å². The quantitative estimate of drug-likeness (QED) is 0.749. The number of ether oxygens (including phenoxy) is 1. The largest absolute Gasteiger partial charge is 0.372 e. The number of nitrogens with zero attached hydrogens (tertiary/aromatic N) is 4. The molecule has 0 bridgehead atoms. The maximum atomic E-state index is 12.6. The number of thioether (sulfide) groups is 1. The van der Waals surface area contributed by atoms with Crippen LogP contribution in [-0.2, 0) is 9.53 Å². The molecule has 3 heterocycles. The first-order valence-corrected chi connectivity index (χ1v) is 10.5. The molecule has 8 heteroatoms. The fourth-order valence-corrected chi connectivity index (χ4v) is 4.82. The van der Waals surface area contributed by atoms with Gasteiger partial charge in [0.1, 0.15) is 0 Å². The third-order valence-electron chi connectivity index (χ3n) is 4.42. The first-order chi connectivity index (χ1) is 12.1. The minimum Gasteiger partial charge on any atom is -0.372 e. The minimum atomic E-state index is 0.0956. The molecule has 0 radical (unpaired) electrons. The molecule has 4 rings (SSSR count). The predicted molar refractivity (Wildman–Crippen MR) is 98.9 cm³/mol. The van der Waals surface area contributed by atoms with Gasteiger partial charge in [0.25, 0.3) is 0 Å². The lowest BCUT2D eigenvalue weighted by Gasteiger charge is -2.35. The topological polar surface area (TPSA) is 60.2 Å². The number of carbonyl (C=O) groups is 1. The fraction of sp³-hybridized carbons (Fsp3) is 0.588. The molecule has 0 N–H and O–H groups in total. The van der Waals surface area contributed by atoms with Gasteiger partial charge in [-0.05, 0) is 38.1 Å². The van der Waals surface area contributed by atoms with Crippen molar-refractivity contribution in [2.75, 3.05) is 18.8 Å². The molecule has 6 nitrogen and oxygen atoms in total. The van der Waals surface area contributed by atoms with Gasteiger partial charge in [-0.2, -0.15) is 0 Å². The Morgan fingerprint density at radius 3 is 2.72 bits per heavy atom. The molecule has 134 valence electrons. The molecule has 1 aliphatic heterocycles. The average Bonchev–Trinajstić information content (AvgIpc) is 3.10. The lowest BCUT2D eigenvalue weighted by Crippen LogP contribution is -2.48. The number of thiophene rings is 1. The van der Waals surface area contributed by atoms with Gasteiger partial charge in [0, 0.05) is 19.1 Å². The van der Waals surface area contributed by atoms with E-state index in [0.717, 1.165) is 28.7 Å². The zero-order valence-electron chi connectivity index (χ0n) is 14.4. The lowest BCUT2D eigenvalue weighted by molar-refractivity contribution is -0.140. The van der Waals surface area contributed by atoms with E-state index in [0.29, 0.717) is 24.9 Å². The Morgan fingerprint density at radius 1 is 1.32 bits per heavy atom. The van der Waals surface area contributed by atoms with Crippen LogP contribution in [0.25, 0.3) is 10.7 Å². The molecule has 2 atom stereocenters. The summed E-state index contributed by atoms with van der Waals surface area (Å²) in [7, 11) is 0. The van der Waals surface area contributed by atoms with E-state index in [2.05, 4.69) is 26.2 Å². The van der Waals surface area contributed by atoms with E-state index in [9.17, 15) is 4.79 Å². The Bertz CT molecular complexity index is 732. The highest BCUT2D eigenvalue weighted by molar-refractivity contribution is 7.99. The standard InChI is InChI=1S/C17H22N4O2S2/c1-11-8-20(9-12(2)23-11)15(22)10-25-17-19-18-16(14-4-3-7-24-14)21(17)13-5-6-13/h3-4,7,11-13H,5-6,8-10H2,1-2H3/t11-,12-/m0/s1. The second-order valence-electron chi connectivity index (χ2n) is 6.73. The smallest absolute Gasteiger partial charge is 0.233 e. The monoisotopic (exact) mass is 378 g/mol. The van der Waals surface area contributed by atoms with Crippen LogP contribution in [0, 0.1) is 0 Å². The van der Waals surface area contributed by atoms with Crippen LogP contribution in [0.2, 0.25) is 0 Å². The molecular weight excluding hydrogens is 356 g/mol. The van der Waals surface area contributed by atoms with E-state index < -0.39 is 0 Å². The maximum Gasteiger partial charge on any atom is 0.233 e. The first kappa shape index (κ1) is 17.1. The molecule has 2 aromatic rings. The first-order valence-electron chi connectivity index (χ1n) is 8.66. The number of hydrogen-bond donors (Lipinski definition) is 0. The van der Waals surface area contributed by atoms with Crippen molar-refractivity contribution in [2.24, 2.45) is 0 Å². The van der Waals surface area contributed by atoms with Crippen LogP contribution in [-0.4, -0.2) is 56.6 Å². The number of morpholine rings is 1. The summed E-state index contributed by atoms with van der Waals surface area (Å²) in [6, 6.07) is 4.58. The highest BCUT2D eigenvalue weighted by Crippen LogP contribution is 2.41. The van der Waals surface area contributed by atoms with Gasteiger partial charge in [-0.3, -0.25) is 9.36 Å². The van der Waals surface area contributed by atoms with Crippen LogP contribution in [0.1, 0.15) is 32.7 Å². The molecule has 0 unspecified atom stereocenters. The number of amides is 1. The Balaban J connectivity index is 1.45. The molecule has 2 aliphatic rings. The van der Waals surface area contributed by atoms with Gasteiger partial charge in [0.05, 0.1) is 22.8 Å². The summed E-state index contributed by atoms with van der Waals surface area (Å²) >= 11 is 3.17. The summed E-state index contributed by atoms with van der Waals surface area (Å²) in [5.41, 5.74) is 0. The molecular formula is C17H22N4O2S2. The van der Waals surface area contributed by atoms with Crippen molar-refractivity contribution in [3.05, 3.63) is 17.5 Å².